The molecule has 1 aliphatic rings. The number of halogens is 1. The molecule has 0 atom stereocenters. The number of nitrogens with zero attached hydrogens (tertiary/aromatic N) is 2. The number of sulfonamides is 1. The first kappa shape index (κ1) is 18.9. The molecule has 3 aromatic rings. The van der Waals surface area contributed by atoms with Crippen LogP contribution in [-0.4, -0.2) is 25.9 Å². The summed E-state index contributed by atoms with van der Waals surface area (Å²) < 4.78 is 27.9. The molecule has 6 nitrogen and oxygen atoms in total. The number of carbonyl (C=O) groups excluding carboxylic acids is 1. The molecule has 2 heterocycles. The normalized spacial score (nSPS) is 13.4. The Labute approximate surface area is 171 Å². The summed E-state index contributed by atoms with van der Waals surface area (Å²) >= 11 is 7.55. The second kappa shape index (κ2) is 7.20. The molecule has 1 aliphatic heterocycles. The molecule has 1 aromatic heterocycles. The number of hydrogen-bond donors (Lipinski definition) is 1. The molecule has 0 unspecified atom stereocenters. The van der Waals surface area contributed by atoms with Gasteiger partial charge in [0.1, 0.15) is 4.90 Å². The van der Waals surface area contributed by atoms with Gasteiger partial charge in [0, 0.05) is 23.2 Å². The lowest BCUT2D eigenvalue weighted by Gasteiger charge is -2.20. The van der Waals surface area contributed by atoms with E-state index in [0.717, 1.165) is 10.4 Å². The standard InChI is InChI=1S/C19H16ClN3O3S2/c1-12-11-21-19(27-12)22-18(24)14-6-7-15(20)17(10-14)28(25,26)23-9-8-13-4-2-3-5-16(13)23/h2-7,10-11H,8-9H2,1H3,(H,21,22,24). The van der Waals surface area contributed by atoms with Crippen LogP contribution in [0.25, 0.3) is 0 Å². The van der Waals surface area contributed by atoms with Gasteiger partial charge in [-0.05, 0) is 43.2 Å². The molecule has 144 valence electrons. The highest BCUT2D eigenvalue weighted by Crippen LogP contribution is 2.35. The summed E-state index contributed by atoms with van der Waals surface area (Å²) in [7, 11) is -3.90. The van der Waals surface area contributed by atoms with Crippen LogP contribution in [0.5, 0.6) is 0 Å². The lowest BCUT2D eigenvalue weighted by molar-refractivity contribution is 0.102. The number of amides is 1. The van der Waals surface area contributed by atoms with E-state index in [4.69, 9.17) is 11.6 Å². The Kier molecular flexibility index (Phi) is 4.86. The van der Waals surface area contributed by atoms with E-state index in [1.165, 1.54) is 33.8 Å². The SMILES string of the molecule is Cc1cnc(NC(=O)c2ccc(Cl)c(S(=O)(=O)N3CCc4ccccc43)c2)s1. The van der Waals surface area contributed by atoms with E-state index in [1.807, 2.05) is 19.1 Å². The molecular formula is C19H16ClN3O3S2. The first-order chi connectivity index (χ1) is 13.4. The van der Waals surface area contributed by atoms with Gasteiger partial charge in [-0.2, -0.15) is 0 Å². The average molecular weight is 434 g/mol. The maximum Gasteiger partial charge on any atom is 0.265 e. The third-order valence-corrected chi connectivity index (χ3v) is 7.57. The molecule has 0 radical (unpaired) electrons. The zero-order chi connectivity index (χ0) is 19.9. The van der Waals surface area contributed by atoms with Crippen LogP contribution in [0.1, 0.15) is 20.8 Å². The van der Waals surface area contributed by atoms with E-state index in [-0.39, 0.29) is 15.5 Å². The topological polar surface area (TPSA) is 79.4 Å². The molecule has 0 bridgehead atoms. The molecule has 2 aromatic carbocycles. The molecule has 28 heavy (non-hydrogen) atoms. The fourth-order valence-electron chi connectivity index (χ4n) is 3.10. The van der Waals surface area contributed by atoms with E-state index in [2.05, 4.69) is 10.3 Å². The molecule has 0 spiro atoms. The zero-order valence-electron chi connectivity index (χ0n) is 14.8. The Morgan fingerprint density at radius 3 is 2.79 bits per heavy atom. The number of fused-ring (bicyclic) bond motifs is 1. The van der Waals surface area contributed by atoms with Crippen molar-refractivity contribution in [3.05, 3.63) is 69.7 Å². The Hall–Kier alpha value is -2.42. The van der Waals surface area contributed by atoms with Crippen molar-refractivity contribution >= 4 is 49.7 Å². The summed E-state index contributed by atoms with van der Waals surface area (Å²) in [6.45, 7) is 2.22. The number of rotatable bonds is 4. The second-order valence-corrected chi connectivity index (χ2v) is 9.80. The maximum atomic E-state index is 13.3. The maximum absolute atomic E-state index is 13.3. The zero-order valence-corrected chi connectivity index (χ0v) is 17.2. The summed E-state index contributed by atoms with van der Waals surface area (Å²) in [5.41, 5.74) is 1.81. The fourth-order valence-corrected chi connectivity index (χ4v) is 5.77. The number of thiazole rings is 1. The Balaban J connectivity index is 1.68. The predicted octanol–water partition coefficient (Wildman–Crippen LogP) is 4.11. The molecule has 0 saturated heterocycles. The van der Waals surface area contributed by atoms with Crippen molar-refractivity contribution in [2.45, 2.75) is 18.2 Å². The minimum atomic E-state index is -3.90. The number of carbonyl (C=O) groups is 1. The van der Waals surface area contributed by atoms with Gasteiger partial charge in [-0.15, -0.1) is 11.3 Å². The van der Waals surface area contributed by atoms with Gasteiger partial charge in [0.2, 0.25) is 0 Å². The summed E-state index contributed by atoms with van der Waals surface area (Å²) in [4.78, 5) is 17.5. The molecule has 1 amide bonds. The van der Waals surface area contributed by atoms with Gasteiger partial charge in [-0.25, -0.2) is 13.4 Å². The van der Waals surface area contributed by atoms with Crippen LogP contribution in [0, 0.1) is 6.92 Å². The van der Waals surface area contributed by atoms with Crippen molar-refractivity contribution in [3.63, 3.8) is 0 Å². The van der Waals surface area contributed by atoms with E-state index >= 15 is 0 Å². The number of hydrogen-bond acceptors (Lipinski definition) is 5. The van der Waals surface area contributed by atoms with Gasteiger partial charge in [-0.1, -0.05) is 29.8 Å². The van der Waals surface area contributed by atoms with Crippen molar-refractivity contribution in [1.29, 1.82) is 0 Å². The van der Waals surface area contributed by atoms with Crippen molar-refractivity contribution in [1.82, 2.24) is 4.98 Å². The van der Waals surface area contributed by atoms with Crippen LogP contribution >= 0.6 is 22.9 Å². The highest BCUT2D eigenvalue weighted by molar-refractivity contribution is 7.93. The number of benzene rings is 2. The molecule has 4 rings (SSSR count). The quantitative estimate of drug-likeness (QED) is 0.671. The van der Waals surface area contributed by atoms with E-state index < -0.39 is 15.9 Å². The lowest BCUT2D eigenvalue weighted by Crippen LogP contribution is -2.29. The Morgan fingerprint density at radius 2 is 2.04 bits per heavy atom. The monoisotopic (exact) mass is 433 g/mol. The molecular weight excluding hydrogens is 418 g/mol. The highest BCUT2D eigenvalue weighted by Gasteiger charge is 2.32. The van der Waals surface area contributed by atoms with Gasteiger partial charge in [0.25, 0.3) is 15.9 Å². The third kappa shape index (κ3) is 3.39. The number of aromatic nitrogens is 1. The van der Waals surface area contributed by atoms with Gasteiger partial charge in [0.15, 0.2) is 5.13 Å². The number of nitrogens with one attached hydrogen (secondary N) is 1. The molecule has 0 fully saturated rings. The van der Waals surface area contributed by atoms with Crippen LogP contribution in [0.3, 0.4) is 0 Å². The molecule has 0 saturated carbocycles. The van der Waals surface area contributed by atoms with Crippen molar-refractivity contribution in [2.75, 3.05) is 16.2 Å². The molecule has 9 heteroatoms. The van der Waals surface area contributed by atoms with Gasteiger partial charge < -0.3 is 0 Å². The first-order valence-corrected chi connectivity index (χ1v) is 11.1. The smallest absolute Gasteiger partial charge is 0.265 e. The van der Waals surface area contributed by atoms with Gasteiger partial charge in [0.05, 0.1) is 10.7 Å². The predicted molar refractivity (Wildman–Crippen MR) is 111 cm³/mol. The molecule has 0 aliphatic carbocycles. The van der Waals surface area contributed by atoms with Crippen molar-refractivity contribution in [2.24, 2.45) is 0 Å². The van der Waals surface area contributed by atoms with Crippen LogP contribution in [0.4, 0.5) is 10.8 Å². The number of anilines is 2. The summed E-state index contributed by atoms with van der Waals surface area (Å²) in [5.74, 6) is -0.440. The first-order valence-electron chi connectivity index (χ1n) is 8.50. The third-order valence-electron chi connectivity index (χ3n) is 4.45. The van der Waals surface area contributed by atoms with Crippen LogP contribution in [-0.2, 0) is 16.4 Å². The van der Waals surface area contributed by atoms with Gasteiger partial charge >= 0.3 is 0 Å². The van der Waals surface area contributed by atoms with E-state index in [9.17, 15) is 13.2 Å². The van der Waals surface area contributed by atoms with E-state index in [1.54, 1.807) is 18.3 Å². The van der Waals surface area contributed by atoms with Crippen molar-refractivity contribution < 1.29 is 13.2 Å². The van der Waals surface area contributed by atoms with E-state index in [0.29, 0.717) is 23.8 Å². The number of aryl methyl sites for hydroxylation is 1. The highest BCUT2D eigenvalue weighted by atomic mass is 35.5. The fraction of sp³-hybridized carbons (Fsp3) is 0.158. The second-order valence-electron chi connectivity index (χ2n) is 6.33. The van der Waals surface area contributed by atoms with Crippen LogP contribution < -0.4 is 9.62 Å². The summed E-state index contributed by atoms with van der Waals surface area (Å²) in [6.07, 6.45) is 2.29. The minimum absolute atomic E-state index is 0.0750. The largest absolute Gasteiger partial charge is 0.298 e. The Morgan fingerprint density at radius 1 is 1.25 bits per heavy atom. The Bertz CT molecular complexity index is 1170. The molecule has 1 N–H and O–H groups in total. The summed E-state index contributed by atoms with van der Waals surface area (Å²) in [6, 6.07) is 11.6. The summed E-state index contributed by atoms with van der Waals surface area (Å²) in [5, 5.41) is 3.21. The number of para-hydroxylation sites is 1. The van der Waals surface area contributed by atoms with Crippen LogP contribution in [0.2, 0.25) is 5.02 Å². The van der Waals surface area contributed by atoms with Gasteiger partial charge in [-0.3, -0.25) is 14.4 Å². The van der Waals surface area contributed by atoms with Crippen LogP contribution in [0.15, 0.2) is 53.6 Å². The lowest BCUT2D eigenvalue weighted by atomic mass is 10.2. The van der Waals surface area contributed by atoms with Crippen molar-refractivity contribution in [3.8, 4) is 0 Å². The average Bonchev–Trinajstić information content (AvgIpc) is 3.28. The minimum Gasteiger partial charge on any atom is -0.298 e.